The molecular weight excluding hydrogens is 303 g/mol. The third-order valence-electron chi connectivity index (χ3n) is 3.75. The lowest BCUT2D eigenvalue weighted by molar-refractivity contribution is -0.137. The minimum Gasteiger partial charge on any atom is -0.396 e. The molecular formula is C18H20F3NO. The van der Waals surface area contributed by atoms with E-state index in [2.05, 4.69) is 5.32 Å². The summed E-state index contributed by atoms with van der Waals surface area (Å²) in [4.78, 5) is 0. The molecule has 2 aromatic carbocycles. The summed E-state index contributed by atoms with van der Waals surface area (Å²) in [6.45, 7) is 1.25. The molecule has 0 heterocycles. The van der Waals surface area contributed by atoms with Crippen molar-refractivity contribution < 1.29 is 18.3 Å². The quantitative estimate of drug-likeness (QED) is 0.808. The molecule has 23 heavy (non-hydrogen) atoms. The average molecular weight is 323 g/mol. The zero-order valence-corrected chi connectivity index (χ0v) is 12.7. The van der Waals surface area contributed by atoms with Crippen LogP contribution < -0.4 is 5.32 Å². The lowest BCUT2D eigenvalue weighted by Gasteiger charge is -2.17. The molecule has 0 aromatic heterocycles. The summed E-state index contributed by atoms with van der Waals surface area (Å²) in [6.07, 6.45) is -3.66. The van der Waals surface area contributed by atoms with Gasteiger partial charge in [-0.05, 0) is 35.6 Å². The molecule has 0 aliphatic rings. The van der Waals surface area contributed by atoms with Crippen LogP contribution in [0.5, 0.6) is 0 Å². The molecule has 1 unspecified atom stereocenters. The van der Waals surface area contributed by atoms with E-state index in [0.717, 1.165) is 23.3 Å². The number of aliphatic hydroxyl groups excluding tert-OH is 1. The second kappa shape index (κ2) is 8.13. The van der Waals surface area contributed by atoms with Gasteiger partial charge in [-0.1, -0.05) is 42.5 Å². The highest BCUT2D eigenvalue weighted by Crippen LogP contribution is 2.29. The maximum absolute atomic E-state index is 12.5. The van der Waals surface area contributed by atoms with Crippen molar-refractivity contribution in [2.45, 2.75) is 25.1 Å². The van der Waals surface area contributed by atoms with Crippen molar-refractivity contribution in [2.75, 3.05) is 13.2 Å². The monoisotopic (exact) mass is 323 g/mol. The molecule has 5 heteroatoms. The summed E-state index contributed by atoms with van der Waals surface area (Å²) in [5, 5.41) is 12.4. The molecule has 2 rings (SSSR count). The Morgan fingerprint density at radius 3 is 2.17 bits per heavy atom. The Balaban J connectivity index is 1.90. The van der Waals surface area contributed by atoms with Crippen molar-refractivity contribution >= 4 is 0 Å². The van der Waals surface area contributed by atoms with Crippen molar-refractivity contribution in [1.82, 2.24) is 5.32 Å². The first-order valence-electron chi connectivity index (χ1n) is 7.53. The summed E-state index contributed by atoms with van der Waals surface area (Å²) < 4.78 is 37.5. The van der Waals surface area contributed by atoms with Crippen LogP contribution >= 0.6 is 0 Å². The van der Waals surface area contributed by atoms with E-state index in [1.807, 2.05) is 30.3 Å². The number of hydrogen-bond donors (Lipinski definition) is 2. The van der Waals surface area contributed by atoms with Crippen LogP contribution in [0.2, 0.25) is 0 Å². The summed E-state index contributed by atoms with van der Waals surface area (Å²) in [5.74, 6) is 0.177. The topological polar surface area (TPSA) is 32.3 Å². The smallest absolute Gasteiger partial charge is 0.396 e. The highest BCUT2D eigenvalue weighted by Gasteiger charge is 2.29. The highest BCUT2D eigenvalue weighted by atomic mass is 19.4. The van der Waals surface area contributed by atoms with Gasteiger partial charge in [0.05, 0.1) is 5.56 Å². The van der Waals surface area contributed by atoms with Gasteiger partial charge >= 0.3 is 6.18 Å². The molecule has 0 radical (unpaired) electrons. The number of alkyl halides is 3. The highest BCUT2D eigenvalue weighted by molar-refractivity contribution is 5.25. The normalized spacial score (nSPS) is 13.0. The first-order chi connectivity index (χ1) is 11.0. The van der Waals surface area contributed by atoms with Crippen molar-refractivity contribution in [3.63, 3.8) is 0 Å². The van der Waals surface area contributed by atoms with Gasteiger partial charge in [0.15, 0.2) is 0 Å². The van der Waals surface area contributed by atoms with Crippen LogP contribution in [0, 0.1) is 0 Å². The van der Waals surface area contributed by atoms with E-state index in [4.69, 9.17) is 0 Å². The molecule has 0 spiro atoms. The van der Waals surface area contributed by atoms with Crippen LogP contribution in [-0.2, 0) is 12.7 Å². The first kappa shape index (κ1) is 17.5. The molecule has 0 saturated carbocycles. The second-order valence-corrected chi connectivity index (χ2v) is 5.45. The molecule has 0 saturated heterocycles. The van der Waals surface area contributed by atoms with Crippen molar-refractivity contribution in [3.8, 4) is 0 Å². The maximum atomic E-state index is 12.5. The van der Waals surface area contributed by atoms with Gasteiger partial charge in [-0.3, -0.25) is 0 Å². The van der Waals surface area contributed by atoms with Crippen molar-refractivity contribution in [3.05, 3.63) is 71.3 Å². The number of benzene rings is 2. The van der Waals surface area contributed by atoms with Gasteiger partial charge in [0.2, 0.25) is 0 Å². The summed E-state index contributed by atoms with van der Waals surface area (Å²) in [7, 11) is 0. The Morgan fingerprint density at radius 2 is 1.61 bits per heavy atom. The Kier molecular flexibility index (Phi) is 6.19. The van der Waals surface area contributed by atoms with Crippen LogP contribution in [0.4, 0.5) is 13.2 Å². The van der Waals surface area contributed by atoms with Crippen molar-refractivity contribution in [2.24, 2.45) is 0 Å². The largest absolute Gasteiger partial charge is 0.416 e. The van der Waals surface area contributed by atoms with E-state index < -0.39 is 11.7 Å². The van der Waals surface area contributed by atoms with E-state index in [-0.39, 0.29) is 12.5 Å². The summed E-state index contributed by atoms with van der Waals surface area (Å²) in [6, 6.07) is 15.0. The van der Waals surface area contributed by atoms with Crippen LogP contribution in [0.15, 0.2) is 54.6 Å². The number of aliphatic hydroxyl groups is 1. The van der Waals surface area contributed by atoms with E-state index in [1.165, 1.54) is 12.1 Å². The molecule has 1 atom stereocenters. The van der Waals surface area contributed by atoms with Gasteiger partial charge in [0, 0.05) is 19.7 Å². The first-order valence-corrected chi connectivity index (χ1v) is 7.53. The zero-order chi connectivity index (χ0) is 16.7. The third kappa shape index (κ3) is 5.37. The minimum atomic E-state index is -4.30. The Morgan fingerprint density at radius 1 is 0.957 bits per heavy atom. The number of halogens is 3. The predicted molar refractivity (Wildman–Crippen MR) is 84.0 cm³/mol. The average Bonchev–Trinajstić information content (AvgIpc) is 2.54. The molecule has 2 aromatic rings. The van der Waals surface area contributed by atoms with E-state index in [0.29, 0.717) is 19.5 Å². The van der Waals surface area contributed by atoms with E-state index in [1.54, 1.807) is 0 Å². The fourth-order valence-corrected chi connectivity index (χ4v) is 2.47. The predicted octanol–water partition coefficient (Wildman–Crippen LogP) is 3.96. The van der Waals surface area contributed by atoms with Gasteiger partial charge in [-0.15, -0.1) is 0 Å². The minimum absolute atomic E-state index is 0.0987. The Hall–Kier alpha value is -1.85. The standard InChI is InChI=1S/C18H20F3NO/c19-18(20,21)17-8-6-14(7-9-17)12-22-13-16(10-11-23)15-4-2-1-3-5-15/h1-9,16,22-23H,10-13H2. The van der Waals surface area contributed by atoms with Gasteiger partial charge < -0.3 is 10.4 Å². The number of hydrogen-bond acceptors (Lipinski definition) is 2. The lowest BCUT2D eigenvalue weighted by Crippen LogP contribution is -2.22. The second-order valence-electron chi connectivity index (χ2n) is 5.45. The molecule has 0 amide bonds. The van der Waals surface area contributed by atoms with Gasteiger partial charge in [-0.2, -0.15) is 13.2 Å². The van der Waals surface area contributed by atoms with Crippen LogP contribution in [0.25, 0.3) is 0 Å². The number of rotatable bonds is 7. The molecule has 2 N–H and O–H groups in total. The Labute approximate surface area is 134 Å². The lowest BCUT2D eigenvalue weighted by atomic mass is 9.96. The summed E-state index contributed by atoms with van der Waals surface area (Å²) in [5.41, 5.74) is 1.30. The van der Waals surface area contributed by atoms with Gasteiger partial charge in [0.25, 0.3) is 0 Å². The molecule has 2 nitrogen and oxygen atoms in total. The molecule has 0 bridgehead atoms. The fraction of sp³-hybridized carbons (Fsp3) is 0.333. The molecule has 0 fully saturated rings. The van der Waals surface area contributed by atoms with Gasteiger partial charge in [-0.25, -0.2) is 0 Å². The zero-order valence-electron chi connectivity index (χ0n) is 12.7. The summed E-state index contributed by atoms with van der Waals surface area (Å²) >= 11 is 0. The van der Waals surface area contributed by atoms with E-state index in [9.17, 15) is 18.3 Å². The third-order valence-corrected chi connectivity index (χ3v) is 3.75. The van der Waals surface area contributed by atoms with Crippen molar-refractivity contribution in [1.29, 1.82) is 0 Å². The number of nitrogens with one attached hydrogen (secondary N) is 1. The van der Waals surface area contributed by atoms with Crippen LogP contribution in [-0.4, -0.2) is 18.3 Å². The van der Waals surface area contributed by atoms with E-state index >= 15 is 0 Å². The Bertz CT molecular complexity index is 581. The molecule has 0 aliphatic carbocycles. The van der Waals surface area contributed by atoms with Crippen LogP contribution in [0.1, 0.15) is 29.0 Å². The van der Waals surface area contributed by atoms with Crippen LogP contribution in [0.3, 0.4) is 0 Å². The maximum Gasteiger partial charge on any atom is 0.416 e. The molecule has 0 aliphatic heterocycles. The van der Waals surface area contributed by atoms with Gasteiger partial charge in [0.1, 0.15) is 0 Å². The SMILES string of the molecule is OCCC(CNCc1ccc(C(F)(F)F)cc1)c1ccccc1. The fourth-order valence-electron chi connectivity index (χ4n) is 2.47. The molecule has 124 valence electrons.